The smallest absolute Gasteiger partial charge is 0.314 e. The standard InChI is InChI=1S/C23H34O5/c1-6-7-8-10-20(28-17-18-13-15-19(26-4)16-14-18)11-9-12-21(24)23(2,3)22(25)27-5/h13-16,20-21,24H,6-8,10-11,17H2,1-5H3/t20-,21-/m1/s1. The molecule has 0 saturated heterocycles. The van der Waals surface area contributed by atoms with Gasteiger partial charge in [0.15, 0.2) is 0 Å². The van der Waals surface area contributed by atoms with Gasteiger partial charge in [-0.15, -0.1) is 0 Å². The number of aliphatic hydroxyl groups excluding tert-OH is 1. The Hall–Kier alpha value is -2.03. The third-order valence-corrected chi connectivity index (χ3v) is 4.74. The van der Waals surface area contributed by atoms with E-state index < -0.39 is 17.5 Å². The van der Waals surface area contributed by atoms with Gasteiger partial charge in [0.2, 0.25) is 0 Å². The van der Waals surface area contributed by atoms with Crippen molar-refractivity contribution in [1.82, 2.24) is 0 Å². The third-order valence-electron chi connectivity index (χ3n) is 4.74. The van der Waals surface area contributed by atoms with E-state index in [4.69, 9.17) is 14.2 Å². The Kier molecular flexibility index (Phi) is 10.7. The summed E-state index contributed by atoms with van der Waals surface area (Å²) in [6.45, 7) is 5.91. The van der Waals surface area contributed by atoms with E-state index >= 15 is 0 Å². The van der Waals surface area contributed by atoms with Crippen molar-refractivity contribution in [3.63, 3.8) is 0 Å². The molecule has 0 amide bonds. The average Bonchev–Trinajstić information content (AvgIpc) is 2.71. The molecule has 28 heavy (non-hydrogen) atoms. The van der Waals surface area contributed by atoms with Gasteiger partial charge >= 0.3 is 5.97 Å². The van der Waals surface area contributed by atoms with Crippen molar-refractivity contribution in [1.29, 1.82) is 0 Å². The molecular formula is C23H34O5. The van der Waals surface area contributed by atoms with Gasteiger partial charge in [0.05, 0.1) is 32.3 Å². The fraction of sp³-hybridized carbons (Fsp3) is 0.609. The van der Waals surface area contributed by atoms with E-state index in [1.165, 1.54) is 7.11 Å². The zero-order chi connectivity index (χ0) is 21.0. The Bertz CT molecular complexity index is 639. The molecule has 0 saturated carbocycles. The number of aliphatic hydroxyl groups is 1. The molecule has 1 N–H and O–H groups in total. The highest BCUT2D eigenvalue weighted by atomic mass is 16.5. The first-order valence-corrected chi connectivity index (χ1v) is 9.84. The van der Waals surface area contributed by atoms with Crippen LogP contribution in [0.4, 0.5) is 0 Å². The van der Waals surface area contributed by atoms with Gasteiger partial charge in [-0.25, -0.2) is 0 Å². The first-order chi connectivity index (χ1) is 13.3. The summed E-state index contributed by atoms with van der Waals surface area (Å²) in [7, 11) is 2.95. The molecule has 5 heteroatoms. The molecule has 0 aliphatic rings. The minimum absolute atomic E-state index is 0.0189. The highest BCUT2D eigenvalue weighted by Crippen LogP contribution is 2.22. The molecule has 0 fully saturated rings. The molecule has 1 rings (SSSR count). The average molecular weight is 391 g/mol. The molecule has 0 radical (unpaired) electrons. The van der Waals surface area contributed by atoms with Crippen molar-refractivity contribution >= 4 is 5.97 Å². The van der Waals surface area contributed by atoms with Crippen LogP contribution in [0.1, 0.15) is 58.4 Å². The molecule has 0 aliphatic carbocycles. The van der Waals surface area contributed by atoms with Crippen molar-refractivity contribution in [2.24, 2.45) is 5.41 Å². The summed E-state index contributed by atoms with van der Waals surface area (Å²) in [5.41, 5.74) is 0.00441. The summed E-state index contributed by atoms with van der Waals surface area (Å²) < 4.78 is 16.0. The normalized spacial score (nSPS) is 13.2. The molecule has 0 heterocycles. The lowest BCUT2D eigenvalue weighted by molar-refractivity contribution is -0.155. The Morgan fingerprint density at radius 1 is 1.18 bits per heavy atom. The number of carbonyl (C=O) groups excluding carboxylic acids is 1. The minimum atomic E-state index is -1.09. The molecule has 1 aromatic carbocycles. The molecule has 156 valence electrons. The Morgan fingerprint density at radius 2 is 1.86 bits per heavy atom. The maximum atomic E-state index is 11.8. The fourth-order valence-corrected chi connectivity index (χ4v) is 2.63. The van der Waals surface area contributed by atoms with Crippen LogP contribution in [0, 0.1) is 17.3 Å². The number of unbranched alkanes of at least 4 members (excludes halogenated alkanes) is 2. The number of rotatable bonds is 11. The van der Waals surface area contributed by atoms with Gasteiger partial charge in [0.25, 0.3) is 0 Å². The zero-order valence-electron chi connectivity index (χ0n) is 17.8. The van der Waals surface area contributed by atoms with Gasteiger partial charge in [-0.1, -0.05) is 50.2 Å². The SMILES string of the molecule is CCCCC[C@H](CC#C[C@@H](O)C(C)(C)C(=O)OC)OCc1ccc(OC)cc1. The van der Waals surface area contributed by atoms with E-state index in [1.807, 2.05) is 24.3 Å². The quantitative estimate of drug-likeness (QED) is 0.350. The maximum Gasteiger partial charge on any atom is 0.314 e. The summed E-state index contributed by atoms with van der Waals surface area (Å²) >= 11 is 0. The van der Waals surface area contributed by atoms with E-state index in [0.717, 1.165) is 37.0 Å². The van der Waals surface area contributed by atoms with Crippen LogP contribution in [-0.4, -0.2) is 37.5 Å². The van der Waals surface area contributed by atoms with Gasteiger partial charge in [-0.05, 0) is 38.0 Å². The van der Waals surface area contributed by atoms with E-state index in [2.05, 4.69) is 18.8 Å². The van der Waals surface area contributed by atoms with Crippen molar-refractivity contribution in [3.05, 3.63) is 29.8 Å². The monoisotopic (exact) mass is 390 g/mol. The second-order valence-electron chi connectivity index (χ2n) is 7.42. The molecule has 0 unspecified atom stereocenters. The number of benzene rings is 1. The molecule has 5 nitrogen and oxygen atoms in total. The lowest BCUT2D eigenvalue weighted by Crippen LogP contribution is -2.37. The van der Waals surface area contributed by atoms with Gasteiger partial charge in [-0.3, -0.25) is 4.79 Å². The second kappa shape index (κ2) is 12.4. The van der Waals surface area contributed by atoms with Gasteiger partial charge < -0.3 is 19.3 Å². The van der Waals surface area contributed by atoms with Crippen molar-refractivity contribution in [2.75, 3.05) is 14.2 Å². The van der Waals surface area contributed by atoms with Gasteiger partial charge in [0.1, 0.15) is 11.9 Å². The maximum absolute atomic E-state index is 11.8. The number of methoxy groups -OCH3 is 2. The topological polar surface area (TPSA) is 65.0 Å². The van der Waals surface area contributed by atoms with Crippen LogP contribution in [0.15, 0.2) is 24.3 Å². The molecule has 0 aromatic heterocycles. The molecule has 0 aliphatic heterocycles. The molecule has 0 spiro atoms. The lowest BCUT2D eigenvalue weighted by atomic mass is 9.87. The third kappa shape index (κ3) is 7.92. The summed E-state index contributed by atoms with van der Waals surface area (Å²) in [5.74, 6) is 6.11. The van der Waals surface area contributed by atoms with Crippen LogP contribution in [0.2, 0.25) is 0 Å². The molecule has 1 aromatic rings. The van der Waals surface area contributed by atoms with Crippen LogP contribution >= 0.6 is 0 Å². The summed E-state index contributed by atoms with van der Waals surface area (Å²) in [6, 6.07) is 7.79. The summed E-state index contributed by atoms with van der Waals surface area (Å²) in [6.07, 6.45) is 3.68. The van der Waals surface area contributed by atoms with E-state index in [0.29, 0.717) is 13.0 Å². The molecule has 0 bridgehead atoms. The highest BCUT2D eigenvalue weighted by Gasteiger charge is 2.35. The Labute approximate surface area is 169 Å². The first-order valence-electron chi connectivity index (χ1n) is 9.84. The Balaban J connectivity index is 2.67. The van der Waals surface area contributed by atoms with Crippen LogP contribution in [-0.2, 0) is 20.9 Å². The van der Waals surface area contributed by atoms with E-state index in [9.17, 15) is 9.90 Å². The predicted molar refractivity (Wildman–Crippen MR) is 110 cm³/mol. The Morgan fingerprint density at radius 3 is 2.43 bits per heavy atom. The van der Waals surface area contributed by atoms with Crippen molar-refractivity contribution < 1.29 is 24.1 Å². The van der Waals surface area contributed by atoms with Crippen LogP contribution in [0.3, 0.4) is 0 Å². The van der Waals surface area contributed by atoms with Crippen LogP contribution in [0.25, 0.3) is 0 Å². The zero-order valence-corrected chi connectivity index (χ0v) is 17.8. The van der Waals surface area contributed by atoms with Crippen LogP contribution < -0.4 is 4.74 Å². The largest absolute Gasteiger partial charge is 0.497 e. The fourth-order valence-electron chi connectivity index (χ4n) is 2.63. The first kappa shape index (κ1) is 24.0. The summed E-state index contributed by atoms with van der Waals surface area (Å²) in [4.78, 5) is 11.8. The minimum Gasteiger partial charge on any atom is -0.497 e. The number of hydrogen-bond acceptors (Lipinski definition) is 5. The summed E-state index contributed by atoms with van der Waals surface area (Å²) in [5, 5.41) is 10.2. The number of carbonyl (C=O) groups is 1. The number of esters is 1. The van der Waals surface area contributed by atoms with Crippen LogP contribution in [0.5, 0.6) is 5.75 Å². The van der Waals surface area contributed by atoms with Crippen molar-refractivity contribution in [3.8, 4) is 17.6 Å². The predicted octanol–water partition coefficient (Wildman–Crippen LogP) is 4.11. The van der Waals surface area contributed by atoms with E-state index in [1.54, 1.807) is 21.0 Å². The van der Waals surface area contributed by atoms with Gasteiger partial charge in [0, 0.05) is 6.42 Å². The molecular weight excluding hydrogens is 356 g/mol. The van der Waals surface area contributed by atoms with Crippen molar-refractivity contribution in [2.45, 2.75) is 71.7 Å². The number of hydrogen-bond donors (Lipinski definition) is 1. The lowest BCUT2D eigenvalue weighted by Gasteiger charge is -2.23. The highest BCUT2D eigenvalue weighted by molar-refractivity contribution is 5.77. The molecule has 2 atom stereocenters. The van der Waals surface area contributed by atoms with Gasteiger partial charge in [-0.2, -0.15) is 0 Å². The number of ether oxygens (including phenoxy) is 3. The van der Waals surface area contributed by atoms with E-state index in [-0.39, 0.29) is 6.10 Å². The second-order valence-corrected chi connectivity index (χ2v) is 7.42.